The second kappa shape index (κ2) is 6.04. The summed E-state index contributed by atoms with van der Waals surface area (Å²) in [7, 11) is 1.93. The summed E-state index contributed by atoms with van der Waals surface area (Å²) in [6.07, 6.45) is 1.79. The highest BCUT2D eigenvalue weighted by Crippen LogP contribution is 2.26. The van der Waals surface area contributed by atoms with Gasteiger partial charge >= 0.3 is 0 Å². The van der Waals surface area contributed by atoms with Gasteiger partial charge in [0.1, 0.15) is 0 Å². The van der Waals surface area contributed by atoms with E-state index < -0.39 is 0 Å². The Morgan fingerprint density at radius 3 is 2.78 bits per heavy atom. The van der Waals surface area contributed by atoms with Crippen LogP contribution in [0.1, 0.15) is 17.3 Å². The third-order valence-electron chi connectivity index (χ3n) is 2.92. The topological polar surface area (TPSA) is 55.9 Å². The molecule has 1 atom stereocenters. The van der Waals surface area contributed by atoms with Crippen LogP contribution in [-0.4, -0.2) is 15.5 Å². The zero-order valence-corrected chi connectivity index (χ0v) is 11.4. The molecule has 0 saturated heterocycles. The van der Waals surface area contributed by atoms with Gasteiger partial charge in [-0.15, -0.1) is 11.8 Å². The van der Waals surface area contributed by atoms with Gasteiger partial charge in [0.2, 0.25) is 0 Å². The van der Waals surface area contributed by atoms with E-state index in [1.165, 1.54) is 10.5 Å². The Kier molecular flexibility index (Phi) is 4.41. The predicted molar refractivity (Wildman–Crippen MR) is 75.2 cm³/mol. The van der Waals surface area contributed by atoms with Gasteiger partial charge < -0.3 is 0 Å². The van der Waals surface area contributed by atoms with Gasteiger partial charge in [-0.05, 0) is 24.6 Å². The van der Waals surface area contributed by atoms with Crippen molar-refractivity contribution in [3.63, 3.8) is 0 Å². The summed E-state index contributed by atoms with van der Waals surface area (Å²) in [5.41, 5.74) is 5.24. The molecule has 0 amide bonds. The largest absolute Gasteiger partial charge is 0.271 e. The number of benzene rings is 1. The van der Waals surface area contributed by atoms with Crippen LogP contribution in [0, 0.1) is 6.92 Å². The molecule has 18 heavy (non-hydrogen) atoms. The number of aromatic nitrogens is 2. The van der Waals surface area contributed by atoms with Crippen molar-refractivity contribution < 1.29 is 0 Å². The Hall–Kier alpha value is -1.30. The maximum absolute atomic E-state index is 5.63. The maximum Gasteiger partial charge on any atom is 0.0722 e. The summed E-state index contributed by atoms with van der Waals surface area (Å²) in [4.78, 5) is 1.29. The summed E-state index contributed by atoms with van der Waals surface area (Å²) in [5.74, 6) is 6.51. The first-order valence-electron chi connectivity index (χ1n) is 5.85. The first-order chi connectivity index (χ1) is 8.72. The molecule has 0 aliphatic carbocycles. The molecule has 0 aliphatic rings. The maximum atomic E-state index is 5.63. The fourth-order valence-corrected chi connectivity index (χ4v) is 2.92. The summed E-state index contributed by atoms with van der Waals surface area (Å²) < 4.78 is 1.85. The van der Waals surface area contributed by atoms with Crippen LogP contribution >= 0.6 is 11.8 Å². The van der Waals surface area contributed by atoms with Gasteiger partial charge in [0.15, 0.2) is 0 Å². The molecule has 1 aromatic heterocycles. The Bertz CT molecular complexity index is 509. The number of thioether (sulfide) groups is 1. The number of aryl methyl sites for hydroxylation is 2. The number of nitrogens with zero attached hydrogens (tertiary/aromatic N) is 2. The van der Waals surface area contributed by atoms with Crippen LogP contribution in [0.5, 0.6) is 0 Å². The molecule has 3 N–H and O–H groups in total. The van der Waals surface area contributed by atoms with Crippen LogP contribution in [-0.2, 0) is 7.05 Å². The number of hydrazine groups is 1. The lowest BCUT2D eigenvalue weighted by atomic mass is 10.2. The number of rotatable bonds is 5. The Morgan fingerprint density at radius 2 is 2.17 bits per heavy atom. The standard InChI is InChI=1S/C13H18N4S/c1-10-5-3-4-6-13(10)18-9-11(16-14)12-7-8-15-17(12)2/h3-8,11,16H,9,14H2,1-2H3. The molecule has 0 saturated carbocycles. The van der Waals surface area contributed by atoms with Crippen LogP contribution < -0.4 is 11.3 Å². The highest BCUT2D eigenvalue weighted by atomic mass is 32.2. The van der Waals surface area contributed by atoms with Gasteiger partial charge in [0.05, 0.1) is 11.7 Å². The van der Waals surface area contributed by atoms with Crippen LogP contribution in [0.2, 0.25) is 0 Å². The monoisotopic (exact) mass is 262 g/mol. The van der Waals surface area contributed by atoms with Crippen molar-refractivity contribution in [3.8, 4) is 0 Å². The van der Waals surface area contributed by atoms with Gasteiger partial charge in [-0.2, -0.15) is 5.10 Å². The van der Waals surface area contributed by atoms with E-state index in [-0.39, 0.29) is 6.04 Å². The second-order valence-electron chi connectivity index (χ2n) is 4.18. The van der Waals surface area contributed by atoms with Crippen LogP contribution in [0.25, 0.3) is 0 Å². The van der Waals surface area contributed by atoms with Crippen molar-refractivity contribution in [2.24, 2.45) is 12.9 Å². The van der Waals surface area contributed by atoms with E-state index in [0.717, 1.165) is 11.4 Å². The molecule has 4 nitrogen and oxygen atoms in total. The van der Waals surface area contributed by atoms with Crippen LogP contribution in [0.3, 0.4) is 0 Å². The minimum atomic E-state index is 0.0992. The first-order valence-corrected chi connectivity index (χ1v) is 6.83. The molecule has 0 fully saturated rings. The Morgan fingerprint density at radius 1 is 1.39 bits per heavy atom. The Balaban J connectivity index is 2.05. The first kappa shape index (κ1) is 13.1. The van der Waals surface area contributed by atoms with Gasteiger partial charge in [-0.25, -0.2) is 0 Å². The molecule has 2 aromatic rings. The number of hydrogen-bond donors (Lipinski definition) is 2. The highest BCUT2D eigenvalue weighted by molar-refractivity contribution is 7.99. The smallest absolute Gasteiger partial charge is 0.0722 e. The van der Waals surface area contributed by atoms with Crippen molar-refractivity contribution >= 4 is 11.8 Å². The lowest BCUT2D eigenvalue weighted by molar-refractivity contribution is 0.554. The van der Waals surface area contributed by atoms with Gasteiger partial charge in [-0.1, -0.05) is 18.2 Å². The Labute approximate surface area is 112 Å². The summed E-state index contributed by atoms with van der Waals surface area (Å²) in [5, 5.41) is 4.17. The lowest BCUT2D eigenvalue weighted by Crippen LogP contribution is -2.31. The van der Waals surface area contributed by atoms with E-state index in [4.69, 9.17) is 5.84 Å². The molecular weight excluding hydrogens is 244 g/mol. The van der Waals surface area contributed by atoms with Crippen molar-refractivity contribution in [1.82, 2.24) is 15.2 Å². The van der Waals surface area contributed by atoms with Crippen molar-refractivity contribution in [3.05, 3.63) is 47.8 Å². The van der Waals surface area contributed by atoms with Gasteiger partial charge in [-0.3, -0.25) is 16.0 Å². The molecule has 0 aliphatic heterocycles. The van der Waals surface area contributed by atoms with Crippen LogP contribution in [0.15, 0.2) is 41.4 Å². The molecule has 1 unspecified atom stereocenters. The average molecular weight is 262 g/mol. The quantitative estimate of drug-likeness (QED) is 0.492. The summed E-state index contributed by atoms with van der Waals surface area (Å²) in [6.45, 7) is 2.12. The van der Waals surface area contributed by atoms with Gasteiger partial charge in [0.25, 0.3) is 0 Å². The van der Waals surface area contributed by atoms with E-state index in [1.54, 1.807) is 18.0 Å². The number of nitrogens with one attached hydrogen (secondary N) is 1. The molecule has 96 valence electrons. The highest BCUT2D eigenvalue weighted by Gasteiger charge is 2.13. The van der Waals surface area contributed by atoms with E-state index in [0.29, 0.717) is 0 Å². The van der Waals surface area contributed by atoms with Crippen molar-refractivity contribution in [1.29, 1.82) is 0 Å². The SMILES string of the molecule is Cc1ccccc1SCC(NN)c1ccnn1C. The summed E-state index contributed by atoms with van der Waals surface area (Å²) in [6, 6.07) is 10.5. The third kappa shape index (κ3) is 2.93. The van der Waals surface area contributed by atoms with E-state index >= 15 is 0 Å². The molecular formula is C13H18N4S. The molecule has 1 aromatic carbocycles. The zero-order valence-electron chi connectivity index (χ0n) is 10.6. The minimum absolute atomic E-state index is 0.0992. The van der Waals surface area contributed by atoms with E-state index in [1.807, 2.05) is 17.8 Å². The summed E-state index contributed by atoms with van der Waals surface area (Å²) >= 11 is 1.80. The van der Waals surface area contributed by atoms with Gasteiger partial charge in [0, 0.05) is 23.9 Å². The lowest BCUT2D eigenvalue weighted by Gasteiger charge is -2.16. The molecule has 0 bridgehead atoms. The third-order valence-corrected chi connectivity index (χ3v) is 4.19. The normalized spacial score (nSPS) is 12.6. The molecule has 5 heteroatoms. The van der Waals surface area contributed by atoms with E-state index in [9.17, 15) is 0 Å². The molecule has 0 spiro atoms. The average Bonchev–Trinajstić information content (AvgIpc) is 2.79. The fourth-order valence-electron chi connectivity index (χ4n) is 1.84. The molecule has 1 heterocycles. The fraction of sp³-hybridized carbons (Fsp3) is 0.308. The molecule has 2 rings (SSSR count). The second-order valence-corrected chi connectivity index (χ2v) is 5.24. The minimum Gasteiger partial charge on any atom is -0.271 e. The zero-order chi connectivity index (χ0) is 13.0. The van der Waals surface area contributed by atoms with Crippen LogP contribution in [0.4, 0.5) is 0 Å². The van der Waals surface area contributed by atoms with Crippen molar-refractivity contribution in [2.45, 2.75) is 17.9 Å². The van der Waals surface area contributed by atoms with E-state index in [2.05, 4.69) is 41.7 Å². The predicted octanol–water partition coefficient (Wildman–Crippen LogP) is 2.03. The molecule has 0 radical (unpaired) electrons. The number of nitrogens with two attached hydrogens (primary N) is 1. The number of hydrogen-bond acceptors (Lipinski definition) is 4. The van der Waals surface area contributed by atoms with Crippen molar-refractivity contribution in [2.75, 3.05) is 5.75 Å².